The summed E-state index contributed by atoms with van der Waals surface area (Å²) < 4.78 is 6.83. The number of carboxylic acids is 1. The minimum Gasteiger partial charge on any atom is -0.480 e. The van der Waals surface area contributed by atoms with Crippen molar-refractivity contribution in [3.63, 3.8) is 0 Å². The van der Waals surface area contributed by atoms with E-state index in [1.165, 1.54) is 12.4 Å². The summed E-state index contributed by atoms with van der Waals surface area (Å²) in [4.78, 5) is 28.7. The molecule has 3 rings (SSSR count). The monoisotopic (exact) mass is 313 g/mol. The van der Waals surface area contributed by atoms with E-state index in [1.54, 1.807) is 11.9 Å². The van der Waals surface area contributed by atoms with Crippen LogP contribution in [0.25, 0.3) is 11.0 Å². The molecule has 1 aromatic carbocycles. The van der Waals surface area contributed by atoms with Crippen LogP contribution in [0.2, 0.25) is 0 Å². The summed E-state index contributed by atoms with van der Waals surface area (Å²) in [5.41, 5.74) is 0.328. The van der Waals surface area contributed by atoms with Crippen LogP contribution in [-0.2, 0) is 17.9 Å². The Morgan fingerprint density at radius 1 is 1.39 bits per heavy atom. The molecule has 0 aliphatic heterocycles. The highest BCUT2D eigenvalue weighted by molar-refractivity contribution is 5.77. The Balaban J connectivity index is 1.86. The number of aromatic nitrogens is 2. The number of carboxylic acid groups (broad SMARTS) is 1. The van der Waals surface area contributed by atoms with Crippen molar-refractivity contribution in [3.05, 3.63) is 58.8 Å². The van der Waals surface area contributed by atoms with Crippen LogP contribution in [0.1, 0.15) is 5.76 Å². The molecule has 0 unspecified atom stereocenters. The van der Waals surface area contributed by atoms with Crippen molar-refractivity contribution in [3.8, 4) is 0 Å². The first-order chi connectivity index (χ1) is 11.0. The molecule has 0 saturated carbocycles. The zero-order valence-electron chi connectivity index (χ0n) is 12.5. The Hall–Kier alpha value is -3.09. The van der Waals surface area contributed by atoms with E-state index in [9.17, 15) is 9.59 Å². The van der Waals surface area contributed by atoms with E-state index in [4.69, 9.17) is 9.52 Å². The van der Waals surface area contributed by atoms with Gasteiger partial charge in [0.05, 0.1) is 6.54 Å². The molecule has 23 heavy (non-hydrogen) atoms. The maximum atomic E-state index is 12.3. The van der Waals surface area contributed by atoms with Crippen molar-refractivity contribution in [2.75, 3.05) is 11.9 Å². The molecule has 7 nitrogen and oxygen atoms in total. The average molecular weight is 313 g/mol. The van der Waals surface area contributed by atoms with Crippen LogP contribution >= 0.6 is 0 Å². The summed E-state index contributed by atoms with van der Waals surface area (Å²) in [6.07, 6.45) is 2.77. The predicted molar refractivity (Wildman–Crippen MR) is 84.5 cm³/mol. The standard InChI is InChI=1S/C16H15N3O4/c1-18(9-12-8-11-4-2-3-5-13(11)23-12)15-16(22)19(7-6-17-15)10-14(20)21/h2-8H,9-10H2,1H3,(H,20,21). The number of hydrogen-bond donors (Lipinski definition) is 1. The second-order valence-electron chi connectivity index (χ2n) is 5.18. The zero-order chi connectivity index (χ0) is 16.4. The molecule has 0 aliphatic rings. The number of carbonyl (C=O) groups is 1. The topological polar surface area (TPSA) is 88.6 Å². The van der Waals surface area contributed by atoms with E-state index in [1.807, 2.05) is 30.3 Å². The number of aliphatic carboxylic acids is 1. The molecule has 0 fully saturated rings. The van der Waals surface area contributed by atoms with Crippen LogP contribution in [0.4, 0.5) is 5.82 Å². The van der Waals surface area contributed by atoms with Gasteiger partial charge in [-0.25, -0.2) is 4.98 Å². The second-order valence-corrected chi connectivity index (χ2v) is 5.18. The molecule has 3 aromatic rings. The summed E-state index contributed by atoms with van der Waals surface area (Å²) in [5, 5.41) is 9.81. The highest BCUT2D eigenvalue weighted by Gasteiger charge is 2.14. The zero-order valence-corrected chi connectivity index (χ0v) is 12.5. The predicted octanol–water partition coefficient (Wildman–Crippen LogP) is 1.71. The minimum absolute atomic E-state index is 0.175. The number of benzene rings is 1. The minimum atomic E-state index is -1.08. The van der Waals surface area contributed by atoms with Gasteiger partial charge in [-0.2, -0.15) is 0 Å². The number of para-hydroxylation sites is 1. The Kier molecular flexibility index (Phi) is 3.84. The highest BCUT2D eigenvalue weighted by atomic mass is 16.4. The lowest BCUT2D eigenvalue weighted by atomic mass is 10.2. The summed E-state index contributed by atoms with van der Waals surface area (Å²) in [6, 6.07) is 9.55. The molecule has 7 heteroatoms. The van der Waals surface area contributed by atoms with Gasteiger partial charge in [-0.3, -0.25) is 14.2 Å². The lowest BCUT2D eigenvalue weighted by Gasteiger charge is -2.16. The summed E-state index contributed by atoms with van der Waals surface area (Å²) in [5.74, 6) is -0.207. The fraction of sp³-hybridized carbons (Fsp3) is 0.188. The first kappa shape index (κ1) is 14.8. The normalized spacial score (nSPS) is 10.8. The molecule has 2 aromatic heterocycles. The van der Waals surface area contributed by atoms with E-state index in [0.29, 0.717) is 12.3 Å². The van der Waals surface area contributed by atoms with E-state index in [2.05, 4.69) is 4.98 Å². The maximum Gasteiger partial charge on any atom is 0.323 e. The van der Waals surface area contributed by atoms with E-state index < -0.39 is 18.1 Å². The second kappa shape index (κ2) is 5.96. The Morgan fingerprint density at radius 2 is 2.17 bits per heavy atom. The molecule has 1 N–H and O–H groups in total. The number of rotatable bonds is 5. The van der Waals surface area contributed by atoms with Gasteiger partial charge in [-0.15, -0.1) is 0 Å². The molecule has 0 bridgehead atoms. The molecular weight excluding hydrogens is 298 g/mol. The van der Waals surface area contributed by atoms with Crippen molar-refractivity contribution in [1.82, 2.24) is 9.55 Å². The number of nitrogens with zero attached hydrogens (tertiary/aromatic N) is 3. The molecular formula is C16H15N3O4. The fourth-order valence-corrected chi connectivity index (χ4v) is 2.39. The number of hydrogen-bond acceptors (Lipinski definition) is 5. The maximum absolute atomic E-state index is 12.3. The van der Waals surface area contributed by atoms with Crippen LogP contribution in [0.3, 0.4) is 0 Å². The largest absolute Gasteiger partial charge is 0.480 e. The number of anilines is 1. The van der Waals surface area contributed by atoms with E-state index in [-0.39, 0.29) is 5.82 Å². The number of furan rings is 1. The van der Waals surface area contributed by atoms with Crippen molar-refractivity contribution in [2.24, 2.45) is 0 Å². The smallest absolute Gasteiger partial charge is 0.323 e. The molecule has 0 atom stereocenters. The lowest BCUT2D eigenvalue weighted by molar-refractivity contribution is -0.137. The van der Waals surface area contributed by atoms with Crippen LogP contribution in [0.15, 0.2) is 51.9 Å². The van der Waals surface area contributed by atoms with Gasteiger partial charge in [0.2, 0.25) is 0 Å². The van der Waals surface area contributed by atoms with Gasteiger partial charge in [-0.05, 0) is 12.1 Å². The molecule has 0 radical (unpaired) electrons. The van der Waals surface area contributed by atoms with Gasteiger partial charge in [0.15, 0.2) is 5.82 Å². The third-order valence-corrected chi connectivity index (χ3v) is 3.43. The fourth-order valence-electron chi connectivity index (χ4n) is 2.39. The SMILES string of the molecule is CN(Cc1cc2ccccc2o1)c1nccn(CC(=O)O)c1=O. The molecule has 0 saturated heterocycles. The lowest BCUT2D eigenvalue weighted by Crippen LogP contribution is -2.31. The van der Waals surface area contributed by atoms with Gasteiger partial charge in [0.25, 0.3) is 5.56 Å². The number of fused-ring (bicyclic) bond motifs is 1. The van der Waals surface area contributed by atoms with Crippen molar-refractivity contribution < 1.29 is 14.3 Å². The molecule has 2 heterocycles. The van der Waals surface area contributed by atoms with E-state index >= 15 is 0 Å². The van der Waals surface area contributed by atoms with Gasteiger partial charge < -0.3 is 14.4 Å². The quantitative estimate of drug-likeness (QED) is 0.771. The van der Waals surface area contributed by atoms with E-state index in [0.717, 1.165) is 15.5 Å². The average Bonchev–Trinajstić information content (AvgIpc) is 2.91. The third kappa shape index (κ3) is 3.08. The summed E-state index contributed by atoms with van der Waals surface area (Å²) in [7, 11) is 1.71. The van der Waals surface area contributed by atoms with Crippen LogP contribution in [0, 0.1) is 0 Å². The Labute approximate surface area is 131 Å². The van der Waals surface area contributed by atoms with Crippen LogP contribution in [0.5, 0.6) is 0 Å². The van der Waals surface area contributed by atoms with Gasteiger partial charge in [-0.1, -0.05) is 18.2 Å². The molecule has 0 amide bonds. The summed E-state index contributed by atoms with van der Waals surface area (Å²) in [6.45, 7) is -0.0408. The Morgan fingerprint density at radius 3 is 2.91 bits per heavy atom. The molecule has 0 spiro atoms. The van der Waals surface area contributed by atoms with Crippen LogP contribution in [-0.4, -0.2) is 27.7 Å². The van der Waals surface area contributed by atoms with Crippen molar-refractivity contribution in [1.29, 1.82) is 0 Å². The van der Waals surface area contributed by atoms with Crippen molar-refractivity contribution in [2.45, 2.75) is 13.1 Å². The Bertz CT molecular complexity index is 880. The first-order valence-corrected chi connectivity index (χ1v) is 7.00. The van der Waals surface area contributed by atoms with Gasteiger partial charge >= 0.3 is 5.97 Å². The first-order valence-electron chi connectivity index (χ1n) is 7.00. The molecule has 0 aliphatic carbocycles. The van der Waals surface area contributed by atoms with Gasteiger partial charge in [0.1, 0.15) is 17.9 Å². The molecule has 118 valence electrons. The van der Waals surface area contributed by atoms with Gasteiger partial charge in [0, 0.05) is 24.8 Å². The van der Waals surface area contributed by atoms with Crippen LogP contribution < -0.4 is 10.5 Å². The summed E-state index contributed by atoms with van der Waals surface area (Å²) >= 11 is 0. The third-order valence-electron chi connectivity index (χ3n) is 3.43. The highest BCUT2D eigenvalue weighted by Crippen LogP contribution is 2.20. The van der Waals surface area contributed by atoms with Crippen molar-refractivity contribution >= 4 is 22.8 Å².